The van der Waals surface area contributed by atoms with Crippen LogP contribution in [0.3, 0.4) is 0 Å². The highest BCUT2D eigenvalue weighted by molar-refractivity contribution is 5.90. The fraction of sp³-hybridized carbons (Fsp3) is 0.158. The molecule has 0 fully saturated rings. The molecule has 4 aromatic rings. The van der Waals surface area contributed by atoms with Gasteiger partial charge >= 0.3 is 0 Å². The minimum Gasteiger partial charge on any atom is -0.460 e. The molecule has 4 aromatic heterocycles. The summed E-state index contributed by atoms with van der Waals surface area (Å²) in [6, 6.07) is 12.9. The van der Waals surface area contributed by atoms with E-state index in [0.29, 0.717) is 23.1 Å². The average molecular weight is 362 g/mol. The number of aromatic nitrogens is 5. The lowest BCUT2D eigenvalue weighted by Crippen LogP contribution is -2.21. The second-order valence-electron chi connectivity index (χ2n) is 6.13. The molecular weight excluding hydrogens is 344 g/mol. The monoisotopic (exact) mass is 362 g/mol. The van der Waals surface area contributed by atoms with E-state index >= 15 is 0 Å². The minimum atomic E-state index is -0.211. The molecule has 1 N–H and O–H groups in total. The fourth-order valence-electron chi connectivity index (χ4n) is 2.73. The Morgan fingerprint density at radius 1 is 1.15 bits per heavy atom. The molecule has 0 aliphatic carbocycles. The third-order valence-corrected chi connectivity index (χ3v) is 3.90. The molecule has 136 valence electrons. The largest absolute Gasteiger partial charge is 0.460 e. The van der Waals surface area contributed by atoms with E-state index in [1.165, 1.54) is 0 Å². The van der Waals surface area contributed by atoms with Crippen LogP contribution in [0.15, 0.2) is 59.3 Å². The number of pyridine rings is 1. The second kappa shape index (κ2) is 6.91. The van der Waals surface area contributed by atoms with Crippen molar-refractivity contribution in [1.82, 2.24) is 24.5 Å². The molecule has 0 saturated heterocycles. The van der Waals surface area contributed by atoms with Crippen LogP contribution in [0.1, 0.15) is 11.5 Å². The quantitative estimate of drug-likeness (QED) is 0.589. The Labute approximate surface area is 155 Å². The first kappa shape index (κ1) is 16.8. The summed E-state index contributed by atoms with van der Waals surface area (Å²) in [5.41, 5.74) is 1.47. The number of carbonyl (C=O) groups is 1. The third kappa shape index (κ3) is 3.64. The van der Waals surface area contributed by atoms with Crippen molar-refractivity contribution >= 4 is 11.7 Å². The Morgan fingerprint density at radius 3 is 2.78 bits per heavy atom. The number of aryl methyl sites for hydroxylation is 2. The number of amides is 1. The lowest BCUT2D eigenvalue weighted by molar-refractivity contribution is -0.116. The van der Waals surface area contributed by atoms with E-state index in [2.05, 4.69) is 20.5 Å². The lowest BCUT2D eigenvalue weighted by atomic mass is 10.3. The molecule has 27 heavy (non-hydrogen) atoms. The summed E-state index contributed by atoms with van der Waals surface area (Å²) >= 11 is 0. The van der Waals surface area contributed by atoms with E-state index in [1.54, 1.807) is 27.8 Å². The number of nitrogens with one attached hydrogen (secondary N) is 1. The molecule has 0 radical (unpaired) electrons. The topological polar surface area (TPSA) is 90.8 Å². The summed E-state index contributed by atoms with van der Waals surface area (Å²) < 4.78 is 8.73. The number of hydrogen-bond donors (Lipinski definition) is 1. The molecular formula is C19H18N6O2. The number of rotatable bonds is 5. The summed E-state index contributed by atoms with van der Waals surface area (Å²) in [5.74, 6) is 2.48. The van der Waals surface area contributed by atoms with Crippen LogP contribution in [0.2, 0.25) is 0 Å². The van der Waals surface area contributed by atoms with Gasteiger partial charge in [-0.15, -0.1) is 0 Å². The summed E-state index contributed by atoms with van der Waals surface area (Å²) in [6.45, 7) is 3.81. The number of carbonyl (C=O) groups excluding carboxylic acids is 1. The van der Waals surface area contributed by atoms with Gasteiger partial charge in [0.2, 0.25) is 5.91 Å². The van der Waals surface area contributed by atoms with Crippen molar-refractivity contribution in [1.29, 1.82) is 0 Å². The average Bonchev–Trinajstić information content (AvgIpc) is 3.36. The molecule has 8 nitrogen and oxygen atoms in total. The Kier molecular flexibility index (Phi) is 4.29. The Morgan fingerprint density at radius 2 is 2.04 bits per heavy atom. The van der Waals surface area contributed by atoms with E-state index in [9.17, 15) is 4.79 Å². The predicted molar refractivity (Wildman–Crippen MR) is 99.4 cm³/mol. The first-order chi connectivity index (χ1) is 13.1. The Balaban J connectivity index is 1.49. The van der Waals surface area contributed by atoms with Crippen molar-refractivity contribution in [2.24, 2.45) is 0 Å². The maximum absolute atomic E-state index is 12.5. The fourth-order valence-corrected chi connectivity index (χ4v) is 2.73. The molecule has 0 unspecified atom stereocenters. The summed E-state index contributed by atoms with van der Waals surface area (Å²) in [5, 5.41) is 11.6. The van der Waals surface area contributed by atoms with Gasteiger partial charge < -0.3 is 9.73 Å². The van der Waals surface area contributed by atoms with Gasteiger partial charge in [-0.1, -0.05) is 6.07 Å². The van der Waals surface area contributed by atoms with Crippen molar-refractivity contribution in [2.45, 2.75) is 20.4 Å². The molecule has 0 bridgehead atoms. The summed E-state index contributed by atoms with van der Waals surface area (Å²) in [4.78, 5) is 16.7. The molecule has 0 atom stereocenters. The minimum absolute atomic E-state index is 0.0755. The van der Waals surface area contributed by atoms with Gasteiger partial charge in [0.05, 0.1) is 5.69 Å². The molecule has 0 spiro atoms. The maximum Gasteiger partial charge on any atom is 0.247 e. The van der Waals surface area contributed by atoms with E-state index in [1.807, 2.05) is 50.2 Å². The van der Waals surface area contributed by atoms with Gasteiger partial charge in [-0.2, -0.15) is 14.9 Å². The van der Waals surface area contributed by atoms with Gasteiger partial charge in [0.25, 0.3) is 0 Å². The van der Waals surface area contributed by atoms with Gasteiger partial charge in [0, 0.05) is 18.5 Å². The molecule has 4 rings (SSSR count). The van der Waals surface area contributed by atoms with Crippen LogP contribution in [-0.2, 0) is 11.3 Å². The van der Waals surface area contributed by atoms with Crippen LogP contribution in [-0.4, -0.2) is 30.5 Å². The highest BCUT2D eigenvalue weighted by Crippen LogP contribution is 2.20. The molecule has 4 heterocycles. The highest BCUT2D eigenvalue weighted by atomic mass is 16.3. The SMILES string of the molecule is Cc1cc(NC(=O)Cn2ccc(-c3ccc(C)o3)n2)n(-c2ccccn2)n1. The van der Waals surface area contributed by atoms with E-state index in [0.717, 1.165) is 11.5 Å². The molecule has 0 saturated carbocycles. The smallest absolute Gasteiger partial charge is 0.247 e. The second-order valence-corrected chi connectivity index (χ2v) is 6.13. The molecule has 0 aliphatic rings. The molecule has 0 aromatic carbocycles. The summed E-state index contributed by atoms with van der Waals surface area (Å²) in [6.07, 6.45) is 3.42. The van der Waals surface area contributed by atoms with Crippen molar-refractivity contribution in [2.75, 3.05) is 5.32 Å². The van der Waals surface area contributed by atoms with Crippen LogP contribution in [0.25, 0.3) is 17.3 Å². The summed E-state index contributed by atoms with van der Waals surface area (Å²) in [7, 11) is 0. The van der Waals surface area contributed by atoms with E-state index < -0.39 is 0 Å². The number of hydrogen-bond acceptors (Lipinski definition) is 5. The Bertz CT molecular complexity index is 1080. The van der Waals surface area contributed by atoms with Crippen LogP contribution >= 0.6 is 0 Å². The number of nitrogens with zero attached hydrogens (tertiary/aromatic N) is 5. The van der Waals surface area contributed by atoms with Gasteiger partial charge in [0.15, 0.2) is 11.6 Å². The molecule has 8 heteroatoms. The zero-order valence-electron chi connectivity index (χ0n) is 15.0. The van der Waals surface area contributed by atoms with Gasteiger partial charge in [-0.05, 0) is 44.2 Å². The molecule has 1 amide bonds. The van der Waals surface area contributed by atoms with Crippen LogP contribution < -0.4 is 5.32 Å². The lowest BCUT2D eigenvalue weighted by Gasteiger charge is -2.08. The van der Waals surface area contributed by atoms with Crippen molar-refractivity contribution in [3.8, 4) is 17.3 Å². The van der Waals surface area contributed by atoms with Crippen LogP contribution in [0.5, 0.6) is 0 Å². The predicted octanol–water partition coefficient (Wildman–Crippen LogP) is 2.98. The van der Waals surface area contributed by atoms with Crippen LogP contribution in [0, 0.1) is 13.8 Å². The highest BCUT2D eigenvalue weighted by Gasteiger charge is 2.13. The van der Waals surface area contributed by atoms with Gasteiger partial charge in [-0.3, -0.25) is 9.48 Å². The number of furan rings is 1. The van der Waals surface area contributed by atoms with Crippen LogP contribution in [0.4, 0.5) is 5.82 Å². The van der Waals surface area contributed by atoms with Gasteiger partial charge in [0.1, 0.15) is 23.8 Å². The van der Waals surface area contributed by atoms with Gasteiger partial charge in [-0.25, -0.2) is 4.98 Å². The van der Waals surface area contributed by atoms with Crippen molar-refractivity contribution < 1.29 is 9.21 Å². The van der Waals surface area contributed by atoms with Crippen molar-refractivity contribution in [3.05, 3.63) is 66.3 Å². The zero-order valence-corrected chi connectivity index (χ0v) is 15.0. The van der Waals surface area contributed by atoms with E-state index in [-0.39, 0.29) is 12.5 Å². The maximum atomic E-state index is 12.5. The zero-order chi connectivity index (χ0) is 18.8. The number of anilines is 1. The standard InChI is InChI=1S/C19H18N6O2/c1-13-11-18(25(22-13)17-5-3-4-9-20-17)21-19(26)12-24-10-8-15(23-24)16-7-6-14(2)27-16/h3-11H,12H2,1-2H3,(H,21,26). The normalized spacial score (nSPS) is 10.9. The Hall–Kier alpha value is -3.68. The molecule has 0 aliphatic heterocycles. The first-order valence-corrected chi connectivity index (χ1v) is 8.47. The van der Waals surface area contributed by atoms with E-state index in [4.69, 9.17) is 4.42 Å². The first-order valence-electron chi connectivity index (χ1n) is 8.47. The third-order valence-electron chi connectivity index (χ3n) is 3.90. The van der Waals surface area contributed by atoms with Crippen molar-refractivity contribution in [3.63, 3.8) is 0 Å².